The number of carbonyl (C=O) groups is 1. The van der Waals surface area contributed by atoms with Crippen molar-refractivity contribution in [2.45, 2.75) is 83.5 Å². The third kappa shape index (κ3) is 3.63. The van der Waals surface area contributed by atoms with Crippen molar-refractivity contribution < 1.29 is 19.4 Å². The van der Waals surface area contributed by atoms with Gasteiger partial charge in [0.25, 0.3) is 0 Å². The van der Waals surface area contributed by atoms with Crippen LogP contribution < -0.4 is 14.8 Å². The van der Waals surface area contributed by atoms with Crippen LogP contribution in [0.25, 0.3) is 0 Å². The first kappa shape index (κ1) is 19.2. The number of carbonyl (C=O) groups excluding carboxylic acids is 1. The second-order valence-electron chi connectivity index (χ2n) is 10.3. The van der Waals surface area contributed by atoms with E-state index >= 15 is 0 Å². The zero-order chi connectivity index (χ0) is 20.2. The topological polar surface area (TPSA) is 67.8 Å². The molecule has 29 heavy (non-hydrogen) atoms. The molecule has 5 aliphatic rings. The van der Waals surface area contributed by atoms with E-state index < -0.39 is 5.60 Å². The predicted molar refractivity (Wildman–Crippen MR) is 110 cm³/mol. The SMILES string of the molecule is CCOc1cc2c(cc1CNC(=O)CC13C[C@H]4C[C@@H](CC(O)(C4)C1)C3)O[C@@H](C)C2. The summed E-state index contributed by atoms with van der Waals surface area (Å²) in [6.07, 6.45) is 7.76. The molecule has 1 aromatic rings. The third-order valence-electron chi connectivity index (χ3n) is 7.54. The first-order valence-electron chi connectivity index (χ1n) is 11.3. The highest BCUT2D eigenvalue weighted by Crippen LogP contribution is 2.62. The molecule has 5 heteroatoms. The Hall–Kier alpha value is -1.75. The maximum Gasteiger partial charge on any atom is 0.220 e. The minimum atomic E-state index is -0.513. The van der Waals surface area contributed by atoms with Gasteiger partial charge in [-0.1, -0.05) is 0 Å². The molecule has 1 aliphatic heterocycles. The van der Waals surface area contributed by atoms with Crippen LogP contribution in [0, 0.1) is 17.3 Å². The van der Waals surface area contributed by atoms with Crippen molar-refractivity contribution in [1.29, 1.82) is 0 Å². The Balaban J connectivity index is 1.26. The number of amides is 1. The van der Waals surface area contributed by atoms with Gasteiger partial charge in [0.15, 0.2) is 0 Å². The minimum absolute atomic E-state index is 0.00213. The van der Waals surface area contributed by atoms with Gasteiger partial charge in [-0.25, -0.2) is 0 Å². The molecule has 2 N–H and O–H groups in total. The van der Waals surface area contributed by atoms with E-state index in [4.69, 9.17) is 9.47 Å². The van der Waals surface area contributed by atoms with Gasteiger partial charge in [-0.15, -0.1) is 0 Å². The Morgan fingerprint density at radius 2 is 2.03 bits per heavy atom. The minimum Gasteiger partial charge on any atom is -0.494 e. The van der Waals surface area contributed by atoms with Gasteiger partial charge < -0.3 is 19.9 Å². The number of ether oxygens (including phenoxy) is 2. The standard InChI is InChI=1S/C24H33NO4/c1-3-28-20-6-18-4-15(2)29-21(18)7-19(20)13-25-22(26)12-23-8-16-5-17(9-23)11-24(27,10-16)14-23/h6-7,15-17,27H,3-5,8-14H2,1-2H3,(H,25,26)/t15-,16+,17+,23?,24?/m0/s1. The molecule has 1 heterocycles. The van der Waals surface area contributed by atoms with Gasteiger partial charge in [0.05, 0.1) is 12.2 Å². The fourth-order valence-corrected chi connectivity index (χ4v) is 7.12. The van der Waals surface area contributed by atoms with E-state index in [9.17, 15) is 9.90 Å². The van der Waals surface area contributed by atoms with E-state index in [1.807, 2.05) is 13.0 Å². The Morgan fingerprint density at radius 1 is 1.28 bits per heavy atom. The number of hydrogen-bond donors (Lipinski definition) is 2. The van der Waals surface area contributed by atoms with E-state index in [1.54, 1.807) is 0 Å². The lowest BCUT2D eigenvalue weighted by molar-refractivity contribution is -0.169. The number of benzene rings is 1. The number of hydrogen-bond acceptors (Lipinski definition) is 4. The summed E-state index contributed by atoms with van der Waals surface area (Å²) in [5.74, 6) is 3.05. The number of fused-ring (bicyclic) bond motifs is 1. The van der Waals surface area contributed by atoms with Crippen molar-refractivity contribution in [3.05, 3.63) is 23.3 Å². The van der Waals surface area contributed by atoms with Crippen LogP contribution in [0.2, 0.25) is 0 Å². The monoisotopic (exact) mass is 399 g/mol. The molecule has 4 fully saturated rings. The van der Waals surface area contributed by atoms with E-state index in [0.717, 1.165) is 55.6 Å². The average molecular weight is 400 g/mol. The molecule has 4 saturated carbocycles. The van der Waals surface area contributed by atoms with E-state index in [0.29, 0.717) is 31.4 Å². The molecule has 0 saturated heterocycles. The lowest BCUT2D eigenvalue weighted by Gasteiger charge is -2.60. The highest BCUT2D eigenvalue weighted by Gasteiger charge is 2.57. The Kier molecular flexibility index (Phi) is 4.57. The second-order valence-corrected chi connectivity index (χ2v) is 10.3. The molecule has 6 rings (SSSR count). The Morgan fingerprint density at radius 3 is 2.72 bits per heavy atom. The van der Waals surface area contributed by atoms with Crippen molar-refractivity contribution in [1.82, 2.24) is 5.32 Å². The Bertz CT molecular complexity index is 805. The predicted octanol–water partition coefficient (Wildman–Crippen LogP) is 3.75. The second kappa shape index (κ2) is 6.90. The summed E-state index contributed by atoms with van der Waals surface area (Å²) in [5.41, 5.74) is 1.64. The molecule has 5 nitrogen and oxygen atoms in total. The highest BCUT2D eigenvalue weighted by atomic mass is 16.5. The first-order valence-corrected chi connectivity index (χ1v) is 11.3. The molecule has 0 radical (unpaired) electrons. The van der Waals surface area contributed by atoms with Crippen LogP contribution in [0.3, 0.4) is 0 Å². The molecular formula is C24H33NO4. The van der Waals surface area contributed by atoms with Gasteiger partial charge in [0, 0.05) is 30.5 Å². The zero-order valence-electron chi connectivity index (χ0n) is 17.6. The summed E-state index contributed by atoms with van der Waals surface area (Å²) in [6.45, 7) is 5.10. The summed E-state index contributed by atoms with van der Waals surface area (Å²) in [7, 11) is 0. The molecule has 158 valence electrons. The quantitative estimate of drug-likeness (QED) is 0.765. The fourth-order valence-electron chi connectivity index (χ4n) is 7.12. The van der Waals surface area contributed by atoms with Crippen LogP contribution in [0.5, 0.6) is 11.5 Å². The number of rotatable bonds is 6. The molecule has 0 unspecified atom stereocenters. The van der Waals surface area contributed by atoms with Gasteiger partial charge in [-0.05, 0) is 81.8 Å². The lowest BCUT2D eigenvalue weighted by atomic mass is 9.47. The molecule has 4 bridgehead atoms. The maximum atomic E-state index is 12.9. The van der Waals surface area contributed by atoms with Crippen molar-refractivity contribution in [3.8, 4) is 11.5 Å². The zero-order valence-corrected chi connectivity index (χ0v) is 17.6. The van der Waals surface area contributed by atoms with E-state index in [1.165, 1.54) is 12.0 Å². The van der Waals surface area contributed by atoms with Crippen molar-refractivity contribution >= 4 is 5.91 Å². The van der Waals surface area contributed by atoms with Gasteiger partial charge in [-0.2, -0.15) is 0 Å². The van der Waals surface area contributed by atoms with Crippen LogP contribution in [0.15, 0.2) is 12.1 Å². The van der Waals surface area contributed by atoms with Crippen LogP contribution in [-0.4, -0.2) is 29.3 Å². The first-order chi connectivity index (χ1) is 13.9. The summed E-state index contributed by atoms with van der Waals surface area (Å²) in [5, 5.41) is 14.1. The lowest BCUT2D eigenvalue weighted by Crippen LogP contribution is -2.56. The normalized spacial score (nSPS) is 36.6. The van der Waals surface area contributed by atoms with Gasteiger partial charge in [0.2, 0.25) is 5.91 Å². The van der Waals surface area contributed by atoms with Gasteiger partial charge in [0.1, 0.15) is 17.6 Å². The largest absolute Gasteiger partial charge is 0.494 e. The van der Waals surface area contributed by atoms with Crippen molar-refractivity contribution in [2.75, 3.05) is 6.61 Å². The van der Waals surface area contributed by atoms with Crippen LogP contribution in [0.1, 0.15) is 69.9 Å². The number of nitrogens with one attached hydrogen (secondary N) is 1. The summed E-state index contributed by atoms with van der Waals surface area (Å²) < 4.78 is 11.7. The molecule has 1 aromatic carbocycles. The van der Waals surface area contributed by atoms with Crippen molar-refractivity contribution in [2.24, 2.45) is 17.3 Å². The smallest absolute Gasteiger partial charge is 0.220 e. The molecule has 4 aliphatic carbocycles. The fraction of sp³-hybridized carbons (Fsp3) is 0.708. The van der Waals surface area contributed by atoms with Crippen molar-refractivity contribution in [3.63, 3.8) is 0 Å². The van der Waals surface area contributed by atoms with Crippen LogP contribution in [-0.2, 0) is 17.8 Å². The van der Waals surface area contributed by atoms with Gasteiger partial charge >= 0.3 is 0 Å². The van der Waals surface area contributed by atoms with Crippen LogP contribution >= 0.6 is 0 Å². The number of aliphatic hydroxyl groups is 1. The van der Waals surface area contributed by atoms with Crippen LogP contribution in [0.4, 0.5) is 0 Å². The molecule has 3 atom stereocenters. The summed E-state index contributed by atoms with van der Waals surface area (Å²) in [6, 6.07) is 4.09. The van der Waals surface area contributed by atoms with E-state index in [-0.39, 0.29) is 17.4 Å². The van der Waals surface area contributed by atoms with Gasteiger partial charge in [-0.3, -0.25) is 4.79 Å². The third-order valence-corrected chi connectivity index (χ3v) is 7.54. The maximum absolute atomic E-state index is 12.9. The Labute approximate surface area is 173 Å². The molecular weight excluding hydrogens is 366 g/mol. The average Bonchev–Trinajstić information content (AvgIpc) is 2.96. The molecule has 1 amide bonds. The molecule has 0 spiro atoms. The highest BCUT2D eigenvalue weighted by molar-refractivity contribution is 5.77. The molecule has 0 aromatic heterocycles. The summed E-state index contributed by atoms with van der Waals surface area (Å²) in [4.78, 5) is 12.9. The van der Waals surface area contributed by atoms with E-state index in [2.05, 4.69) is 18.3 Å². The summed E-state index contributed by atoms with van der Waals surface area (Å²) >= 11 is 0.